The van der Waals surface area contributed by atoms with E-state index in [2.05, 4.69) is 36.2 Å². The van der Waals surface area contributed by atoms with E-state index >= 15 is 0 Å². The van der Waals surface area contributed by atoms with Gasteiger partial charge in [-0.25, -0.2) is 0 Å². The molecule has 2 aromatic carbocycles. The molecule has 2 aromatic rings. The third-order valence-corrected chi connectivity index (χ3v) is 4.00. The van der Waals surface area contributed by atoms with Gasteiger partial charge in [-0.1, -0.05) is 36.4 Å². The van der Waals surface area contributed by atoms with Crippen molar-refractivity contribution in [2.45, 2.75) is 13.1 Å². The lowest BCUT2D eigenvalue weighted by molar-refractivity contribution is 0.0693. The molecule has 0 fully saturated rings. The fourth-order valence-electron chi connectivity index (χ4n) is 2.81. The number of hydrogen-bond donors (Lipinski definition) is 0. The molecule has 0 aliphatic carbocycles. The summed E-state index contributed by atoms with van der Waals surface area (Å²) >= 11 is 0. The minimum absolute atomic E-state index is 0.212. The Balaban J connectivity index is 0.000000133. The van der Waals surface area contributed by atoms with Gasteiger partial charge in [-0.15, -0.1) is 0 Å². The lowest BCUT2D eigenvalue weighted by atomic mass is 10.1. The van der Waals surface area contributed by atoms with Gasteiger partial charge < -0.3 is 0 Å². The summed E-state index contributed by atoms with van der Waals surface area (Å²) in [7, 11) is 3.64. The van der Waals surface area contributed by atoms with Gasteiger partial charge in [0.15, 0.2) is 0 Å². The zero-order valence-electron chi connectivity index (χ0n) is 12.7. The molecule has 0 spiro atoms. The first kappa shape index (κ1) is 14.5. The molecule has 0 radical (unpaired) electrons. The summed E-state index contributed by atoms with van der Waals surface area (Å²) in [4.78, 5) is 26.1. The number of fused-ring (bicyclic) bond motifs is 2. The van der Waals surface area contributed by atoms with Gasteiger partial charge in [0, 0.05) is 20.1 Å². The Labute approximate surface area is 130 Å². The molecule has 0 saturated carbocycles. The number of amides is 2. The molecule has 4 heteroatoms. The Bertz CT molecular complexity index is 679. The largest absolute Gasteiger partial charge is 0.298 e. The predicted octanol–water partition coefficient (Wildman–Crippen LogP) is 2.54. The van der Waals surface area contributed by atoms with Crippen molar-refractivity contribution in [2.75, 3.05) is 14.1 Å². The zero-order chi connectivity index (χ0) is 15.7. The zero-order valence-corrected chi connectivity index (χ0v) is 12.7. The predicted molar refractivity (Wildman–Crippen MR) is 84.5 cm³/mol. The second kappa shape index (κ2) is 5.73. The standard InChI is InChI=1S/C9H7NO2.C9H11N/c1-10-8(11)6-4-2-3-5-7(6)9(10)12;1-10-6-8-4-2-3-5-9(8)7-10/h2-5H,1H3;2-5H,6-7H2,1H3. The Morgan fingerprint density at radius 1 is 0.727 bits per heavy atom. The van der Waals surface area contributed by atoms with Crippen molar-refractivity contribution in [3.63, 3.8) is 0 Å². The maximum atomic E-state index is 11.3. The summed E-state index contributed by atoms with van der Waals surface area (Å²) in [5, 5.41) is 0. The molecule has 2 aliphatic rings. The van der Waals surface area contributed by atoms with Crippen LogP contribution in [0.1, 0.15) is 31.8 Å². The van der Waals surface area contributed by atoms with Crippen LogP contribution in [0.3, 0.4) is 0 Å². The molecule has 0 atom stereocenters. The van der Waals surface area contributed by atoms with E-state index < -0.39 is 0 Å². The van der Waals surface area contributed by atoms with Crippen molar-refractivity contribution >= 4 is 11.8 Å². The van der Waals surface area contributed by atoms with Crippen LogP contribution in [0.2, 0.25) is 0 Å². The maximum Gasteiger partial charge on any atom is 0.261 e. The van der Waals surface area contributed by atoms with Gasteiger partial charge in [-0.2, -0.15) is 0 Å². The molecule has 2 amide bonds. The molecule has 4 rings (SSSR count). The SMILES string of the molecule is CN1C(=O)c2ccccc2C1=O.CN1Cc2ccccc2C1. The number of hydrogen-bond acceptors (Lipinski definition) is 3. The van der Waals surface area contributed by atoms with Crippen LogP contribution in [0.25, 0.3) is 0 Å². The van der Waals surface area contributed by atoms with E-state index in [-0.39, 0.29) is 11.8 Å². The molecule has 2 heterocycles. The normalized spacial score (nSPS) is 16.2. The molecule has 22 heavy (non-hydrogen) atoms. The molecule has 2 aliphatic heterocycles. The average Bonchev–Trinajstić information content (AvgIpc) is 3.02. The molecule has 0 saturated heterocycles. The second-order valence-corrected chi connectivity index (χ2v) is 5.66. The van der Waals surface area contributed by atoms with E-state index in [0.717, 1.165) is 18.0 Å². The van der Waals surface area contributed by atoms with E-state index in [1.165, 1.54) is 18.2 Å². The Morgan fingerprint density at radius 2 is 1.14 bits per heavy atom. The first-order valence-electron chi connectivity index (χ1n) is 7.24. The van der Waals surface area contributed by atoms with Crippen LogP contribution >= 0.6 is 0 Å². The number of nitrogens with zero attached hydrogens (tertiary/aromatic N) is 2. The molecular formula is C18H18N2O2. The minimum Gasteiger partial charge on any atom is -0.298 e. The van der Waals surface area contributed by atoms with Crippen molar-refractivity contribution in [3.05, 3.63) is 70.8 Å². The molecule has 0 aromatic heterocycles. The Kier molecular flexibility index (Phi) is 3.77. The highest BCUT2D eigenvalue weighted by Gasteiger charge is 2.31. The number of carbonyl (C=O) groups is 2. The van der Waals surface area contributed by atoms with Crippen LogP contribution in [0, 0.1) is 0 Å². The van der Waals surface area contributed by atoms with Crippen LogP contribution in [0.5, 0.6) is 0 Å². The Morgan fingerprint density at radius 3 is 1.59 bits per heavy atom. The van der Waals surface area contributed by atoms with Gasteiger partial charge in [0.1, 0.15) is 0 Å². The van der Waals surface area contributed by atoms with Gasteiger partial charge in [-0.05, 0) is 30.3 Å². The number of carbonyl (C=O) groups excluding carboxylic acids is 2. The third kappa shape index (κ3) is 2.53. The lowest BCUT2D eigenvalue weighted by Crippen LogP contribution is -2.24. The quantitative estimate of drug-likeness (QED) is 0.701. The van der Waals surface area contributed by atoms with Gasteiger partial charge in [0.2, 0.25) is 0 Å². The summed E-state index contributed by atoms with van der Waals surface area (Å²) in [5.74, 6) is -0.425. The number of benzene rings is 2. The smallest absolute Gasteiger partial charge is 0.261 e. The first-order chi connectivity index (χ1) is 10.6. The fraction of sp³-hybridized carbons (Fsp3) is 0.222. The second-order valence-electron chi connectivity index (χ2n) is 5.66. The lowest BCUT2D eigenvalue weighted by Gasteiger charge is -2.02. The third-order valence-electron chi connectivity index (χ3n) is 4.00. The maximum absolute atomic E-state index is 11.3. The van der Waals surface area contributed by atoms with Crippen molar-refractivity contribution < 1.29 is 9.59 Å². The molecule has 112 valence electrons. The van der Waals surface area contributed by atoms with Crippen LogP contribution in [-0.2, 0) is 13.1 Å². The van der Waals surface area contributed by atoms with Crippen molar-refractivity contribution in [1.82, 2.24) is 9.80 Å². The molecule has 0 N–H and O–H groups in total. The average molecular weight is 294 g/mol. The van der Waals surface area contributed by atoms with Gasteiger partial charge in [0.25, 0.3) is 11.8 Å². The van der Waals surface area contributed by atoms with E-state index in [1.807, 2.05) is 0 Å². The molecule has 4 nitrogen and oxygen atoms in total. The topological polar surface area (TPSA) is 40.6 Å². The van der Waals surface area contributed by atoms with E-state index in [0.29, 0.717) is 11.1 Å². The van der Waals surface area contributed by atoms with Crippen LogP contribution in [0.15, 0.2) is 48.5 Å². The minimum atomic E-state index is -0.212. The van der Waals surface area contributed by atoms with Gasteiger partial charge >= 0.3 is 0 Å². The summed E-state index contributed by atoms with van der Waals surface area (Å²) < 4.78 is 0. The highest BCUT2D eigenvalue weighted by molar-refractivity contribution is 6.21. The van der Waals surface area contributed by atoms with Crippen molar-refractivity contribution in [1.29, 1.82) is 0 Å². The van der Waals surface area contributed by atoms with Gasteiger partial charge in [0.05, 0.1) is 11.1 Å². The van der Waals surface area contributed by atoms with Gasteiger partial charge in [-0.3, -0.25) is 19.4 Å². The summed E-state index contributed by atoms with van der Waals surface area (Å²) in [6.45, 7) is 2.24. The summed E-state index contributed by atoms with van der Waals surface area (Å²) in [6, 6.07) is 15.5. The fourth-order valence-corrected chi connectivity index (χ4v) is 2.81. The van der Waals surface area contributed by atoms with Crippen LogP contribution in [-0.4, -0.2) is 35.7 Å². The number of rotatable bonds is 0. The van der Waals surface area contributed by atoms with Crippen LogP contribution < -0.4 is 0 Å². The highest BCUT2D eigenvalue weighted by Crippen LogP contribution is 2.20. The Hall–Kier alpha value is -2.46. The van der Waals surface area contributed by atoms with E-state index in [9.17, 15) is 9.59 Å². The summed E-state index contributed by atoms with van der Waals surface area (Å²) in [6.07, 6.45) is 0. The van der Waals surface area contributed by atoms with E-state index in [4.69, 9.17) is 0 Å². The van der Waals surface area contributed by atoms with E-state index in [1.54, 1.807) is 24.3 Å². The molecule has 0 unspecified atom stereocenters. The summed E-state index contributed by atoms with van der Waals surface area (Å²) in [5.41, 5.74) is 3.99. The molecular weight excluding hydrogens is 276 g/mol. The monoisotopic (exact) mass is 294 g/mol. The van der Waals surface area contributed by atoms with Crippen molar-refractivity contribution in [3.8, 4) is 0 Å². The molecule has 0 bridgehead atoms. The van der Waals surface area contributed by atoms with Crippen LogP contribution in [0.4, 0.5) is 0 Å². The number of imide groups is 1. The highest BCUT2D eigenvalue weighted by atomic mass is 16.2. The van der Waals surface area contributed by atoms with Crippen molar-refractivity contribution in [2.24, 2.45) is 0 Å². The first-order valence-corrected chi connectivity index (χ1v) is 7.24.